The van der Waals surface area contributed by atoms with E-state index >= 15 is 0 Å². The molecule has 2 aliphatic rings. The zero-order valence-corrected chi connectivity index (χ0v) is 12.7. The lowest BCUT2D eigenvalue weighted by Crippen LogP contribution is -2.40. The number of nitrogens with one attached hydrogen (secondary N) is 2. The number of hydrogen-bond donors (Lipinski definition) is 2. The molecule has 3 rings (SSSR count). The third-order valence-electron chi connectivity index (χ3n) is 4.49. The van der Waals surface area contributed by atoms with Crippen molar-refractivity contribution in [2.45, 2.75) is 38.6 Å². The predicted molar refractivity (Wildman–Crippen MR) is 86.2 cm³/mol. The third kappa shape index (κ3) is 2.90. The Morgan fingerprint density at radius 3 is 2.85 bits per heavy atom. The molecule has 2 saturated carbocycles. The van der Waals surface area contributed by atoms with Gasteiger partial charge in [0.1, 0.15) is 5.75 Å². The maximum Gasteiger partial charge on any atom is 0.171 e. The minimum absolute atomic E-state index is 0.563. The number of rotatable bonds is 4. The minimum atomic E-state index is 0.563. The lowest BCUT2D eigenvalue weighted by atomic mass is 9.96. The molecule has 3 nitrogen and oxygen atoms in total. The van der Waals surface area contributed by atoms with Gasteiger partial charge in [-0.3, -0.25) is 0 Å². The highest BCUT2D eigenvalue weighted by molar-refractivity contribution is 7.80. The smallest absolute Gasteiger partial charge is 0.171 e. The summed E-state index contributed by atoms with van der Waals surface area (Å²) in [4.78, 5) is 0. The van der Waals surface area contributed by atoms with Crippen LogP contribution in [0.4, 0.5) is 5.69 Å². The van der Waals surface area contributed by atoms with Crippen molar-refractivity contribution < 1.29 is 4.74 Å². The molecule has 0 aromatic heterocycles. The van der Waals surface area contributed by atoms with Crippen LogP contribution in [0.15, 0.2) is 24.3 Å². The second-order valence-corrected chi connectivity index (χ2v) is 6.22. The van der Waals surface area contributed by atoms with Crippen LogP contribution in [0.2, 0.25) is 0 Å². The Kier molecular flexibility index (Phi) is 4.10. The van der Waals surface area contributed by atoms with E-state index in [0.29, 0.717) is 12.6 Å². The van der Waals surface area contributed by atoms with Gasteiger partial charge in [0.05, 0.1) is 12.3 Å². The van der Waals surface area contributed by atoms with Crippen molar-refractivity contribution in [3.8, 4) is 5.75 Å². The first-order chi connectivity index (χ1) is 9.76. The molecule has 0 radical (unpaired) electrons. The monoisotopic (exact) mass is 290 g/mol. The average Bonchev–Trinajstić information content (AvgIpc) is 3.03. The van der Waals surface area contributed by atoms with Crippen LogP contribution in [0, 0.1) is 11.8 Å². The summed E-state index contributed by atoms with van der Waals surface area (Å²) >= 11 is 5.45. The number of benzene rings is 1. The largest absolute Gasteiger partial charge is 0.492 e. The Hall–Kier alpha value is -1.29. The summed E-state index contributed by atoms with van der Waals surface area (Å²) in [7, 11) is 0. The SMILES string of the molecule is CCOc1ccccc1NC(=S)N[C@H]1C[C@H]2CC[C@H]1C2. The fourth-order valence-corrected chi connectivity index (χ4v) is 3.86. The number of hydrogen-bond acceptors (Lipinski definition) is 2. The molecule has 4 heteroatoms. The van der Waals surface area contributed by atoms with Gasteiger partial charge >= 0.3 is 0 Å². The van der Waals surface area contributed by atoms with E-state index in [-0.39, 0.29) is 0 Å². The first-order valence-electron chi connectivity index (χ1n) is 7.55. The van der Waals surface area contributed by atoms with E-state index in [0.717, 1.165) is 28.4 Å². The van der Waals surface area contributed by atoms with Crippen LogP contribution in [-0.2, 0) is 0 Å². The average molecular weight is 290 g/mol. The molecule has 2 bridgehead atoms. The van der Waals surface area contributed by atoms with E-state index in [1.165, 1.54) is 25.7 Å². The molecule has 0 unspecified atom stereocenters. The number of ether oxygens (including phenoxy) is 1. The lowest BCUT2D eigenvalue weighted by Gasteiger charge is -2.25. The Labute approximate surface area is 126 Å². The van der Waals surface area contributed by atoms with Crippen molar-refractivity contribution in [3.05, 3.63) is 24.3 Å². The van der Waals surface area contributed by atoms with Gasteiger partial charge in [0.2, 0.25) is 0 Å². The molecule has 0 aliphatic heterocycles. The number of para-hydroxylation sites is 2. The fraction of sp³-hybridized carbons (Fsp3) is 0.562. The molecule has 0 spiro atoms. The van der Waals surface area contributed by atoms with Gasteiger partial charge in [0.15, 0.2) is 5.11 Å². The molecule has 2 aliphatic carbocycles. The maximum absolute atomic E-state index is 5.61. The van der Waals surface area contributed by atoms with Gasteiger partial charge in [-0.2, -0.15) is 0 Å². The first kappa shape index (κ1) is 13.7. The Morgan fingerprint density at radius 2 is 2.15 bits per heavy atom. The standard InChI is InChI=1S/C16H22N2OS/c1-2-19-15-6-4-3-5-13(15)17-16(20)18-14-10-11-7-8-12(14)9-11/h3-6,11-12,14H,2,7-10H2,1H3,(H2,17,18,20)/t11-,12-,14-/m0/s1. The fourth-order valence-electron chi connectivity index (χ4n) is 3.60. The third-order valence-corrected chi connectivity index (χ3v) is 4.71. The molecule has 0 saturated heterocycles. The van der Waals surface area contributed by atoms with Crippen LogP contribution in [-0.4, -0.2) is 17.8 Å². The second-order valence-electron chi connectivity index (χ2n) is 5.81. The van der Waals surface area contributed by atoms with Crippen LogP contribution >= 0.6 is 12.2 Å². The molecule has 2 N–H and O–H groups in total. The molecular formula is C16H22N2OS. The maximum atomic E-state index is 5.61. The normalized spacial score (nSPS) is 27.4. The molecule has 2 fully saturated rings. The van der Waals surface area contributed by atoms with Crippen molar-refractivity contribution in [2.75, 3.05) is 11.9 Å². The van der Waals surface area contributed by atoms with E-state index in [1.54, 1.807) is 0 Å². The molecule has 1 aromatic rings. The molecular weight excluding hydrogens is 268 g/mol. The van der Waals surface area contributed by atoms with Gasteiger partial charge in [0.25, 0.3) is 0 Å². The van der Waals surface area contributed by atoms with E-state index in [2.05, 4.69) is 10.6 Å². The summed E-state index contributed by atoms with van der Waals surface area (Å²) in [6, 6.07) is 8.49. The van der Waals surface area contributed by atoms with Crippen molar-refractivity contribution in [2.24, 2.45) is 11.8 Å². The van der Waals surface area contributed by atoms with E-state index in [9.17, 15) is 0 Å². The molecule has 20 heavy (non-hydrogen) atoms. The second kappa shape index (κ2) is 6.00. The number of anilines is 1. The van der Waals surface area contributed by atoms with Gasteiger partial charge in [0, 0.05) is 6.04 Å². The van der Waals surface area contributed by atoms with E-state index < -0.39 is 0 Å². The van der Waals surface area contributed by atoms with Crippen LogP contribution in [0.5, 0.6) is 5.75 Å². The minimum Gasteiger partial charge on any atom is -0.492 e. The van der Waals surface area contributed by atoms with Crippen molar-refractivity contribution in [3.63, 3.8) is 0 Å². The summed E-state index contributed by atoms with van der Waals surface area (Å²) in [5, 5.41) is 7.49. The zero-order valence-electron chi connectivity index (χ0n) is 11.9. The molecule has 3 atom stereocenters. The Balaban J connectivity index is 1.59. The highest BCUT2D eigenvalue weighted by Crippen LogP contribution is 2.44. The summed E-state index contributed by atoms with van der Waals surface area (Å²) in [5.41, 5.74) is 0.940. The summed E-state index contributed by atoms with van der Waals surface area (Å²) in [6.07, 6.45) is 5.44. The van der Waals surface area contributed by atoms with Gasteiger partial charge in [-0.15, -0.1) is 0 Å². The number of fused-ring (bicyclic) bond motifs is 2. The van der Waals surface area contributed by atoms with Crippen molar-refractivity contribution in [1.82, 2.24) is 5.32 Å². The van der Waals surface area contributed by atoms with Gasteiger partial charge in [-0.05, 0) is 62.4 Å². The predicted octanol–water partition coefficient (Wildman–Crippen LogP) is 3.56. The topological polar surface area (TPSA) is 33.3 Å². The quantitative estimate of drug-likeness (QED) is 0.831. The molecule has 0 amide bonds. The van der Waals surface area contributed by atoms with Crippen LogP contribution in [0.3, 0.4) is 0 Å². The van der Waals surface area contributed by atoms with Crippen LogP contribution < -0.4 is 15.4 Å². The zero-order chi connectivity index (χ0) is 13.9. The van der Waals surface area contributed by atoms with Crippen molar-refractivity contribution >= 4 is 23.0 Å². The summed E-state index contributed by atoms with van der Waals surface area (Å²) in [5.74, 6) is 2.60. The molecule has 108 valence electrons. The van der Waals surface area contributed by atoms with E-state index in [4.69, 9.17) is 17.0 Å². The highest BCUT2D eigenvalue weighted by atomic mass is 32.1. The van der Waals surface area contributed by atoms with Crippen LogP contribution in [0.1, 0.15) is 32.6 Å². The van der Waals surface area contributed by atoms with Gasteiger partial charge in [-0.1, -0.05) is 18.6 Å². The summed E-state index contributed by atoms with van der Waals surface area (Å²) < 4.78 is 5.61. The molecule has 0 heterocycles. The van der Waals surface area contributed by atoms with Crippen LogP contribution in [0.25, 0.3) is 0 Å². The first-order valence-corrected chi connectivity index (χ1v) is 7.96. The Bertz CT molecular complexity index is 491. The van der Waals surface area contributed by atoms with Gasteiger partial charge in [-0.25, -0.2) is 0 Å². The van der Waals surface area contributed by atoms with E-state index in [1.807, 2.05) is 31.2 Å². The number of thiocarbonyl (C=S) groups is 1. The lowest BCUT2D eigenvalue weighted by molar-refractivity contribution is 0.342. The molecule has 1 aromatic carbocycles. The summed E-state index contributed by atoms with van der Waals surface area (Å²) in [6.45, 7) is 2.65. The van der Waals surface area contributed by atoms with Crippen molar-refractivity contribution in [1.29, 1.82) is 0 Å². The van der Waals surface area contributed by atoms with Gasteiger partial charge < -0.3 is 15.4 Å². The highest BCUT2D eigenvalue weighted by Gasteiger charge is 2.39. The Morgan fingerprint density at radius 1 is 1.30 bits per heavy atom.